The lowest BCUT2D eigenvalue weighted by Crippen LogP contribution is -2.24. The average Bonchev–Trinajstić information content (AvgIpc) is 2.04. The Morgan fingerprint density at radius 1 is 1.23 bits per heavy atom. The van der Waals surface area contributed by atoms with Crippen LogP contribution in [-0.4, -0.2) is 23.5 Å². The first-order valence-electron chi connectivity index (χ1n) is 4.64. The lowest BCUT2D eigenvalue weighted by atomic mass is 9.87. The Hall–Kier alpha value is -0.130. The van der Waals surface area contributed by atoms with Gasteiger partial charge >= 0.3 is 0 Å². The van der Waals surface area contributed by atoms with Crippen LogP contribution in [-0.2, 0) is 10.1 Å². The maximum atomic E-state index is 10.5. The second-order valence-electron chi connectivity index (χ2n) is 3.71. The molecule has 1 rings (SSSR count). The Morgan fingerprint density at radius 3 is 2.23 bits per heavy atom. The molecule has 1 atom stereocenters. The molecular formula is C8H16O4S. The van der Waals surface area contributed by atoms with Crippen LogP contribution in [0.2, 0.25) is 0 Å². The monoisotopic (exact) mass is 208 g/mol. The van der Waals surface area contributed by atoms with Crippen molar-refractivity contribution < 1.29 is 18.1 Å². The van der Waals surface area contributed by atoms with E-state index < -0.39 is 15.6 Å². The van der Waals surface area contributed by atoms with Crippen LogP contribution in [0.25, 0.3) is 0 Å². The van der Waals surface area contributed by atoms with Gasteiger partial charge in [-0.3, -0.25) is 4.55 Å². The lowest BCUT2D eigenvalue weighted by molar-refractivity contribution is 0.182. The van der Waals surface area contributed by atoms with Crippen molar-refractivity contribution in [2.75, 3.05) is 0 Å². The summed E-state index contributed by atoms with van der Waals surface area (Å²) in [6.45, 7) is 0. The van der Waals surface area contributed by atoms with E-state index in [1.165, 1.54) is 6.42 Å². The predicted molar refractivity (Wildman–Crippen MR) is 48.7 cm³/mol. The van der Waals surface area contributed by atoms with Gasteiger partial charge in [0.25, 0.3) is 10.1 Å². The van der Waals surface area contributed by atoms with Crippen LogP contribution >= 0.6 is 0 Å². The molecule has 1 aliphatic rings. The van der Waals surface area contributed by atoms with Gasteiger partial charge < -0.3 is 5.11 Å². The van der Waals surface area contributed by atoms with E-state index in [2.05, 4.69) is 0 Å². The van der Waals surface area contributed by atoms with E-state index in [4.69, 9.17) is 9.66 Å². The maximum absolute atomic E-state index is 10.5. The zero-order valence-electron chi connectivity index (χ0n) is 7.52. The number of hydrogen-bond acceptors (Lipinski definition) is 3. The largest absolute Gasteiger partial charge is 0.375 e. The van der Waals surface area contributed by atoms with Gasteiger partial charge in [0.1, 0.15) is 0 Å². The molecule has 13 heavy (non-hydrogen) atoms. The van der Waals surface area contributed by atoms with Gasteiger partial charge in [0.2, 0.25) is 0 Å². The highest BCUT2D eigenvalue weighted by Crippen LogP contribution is 2.28. The first-order chi connectivity index (χ1) is 6.00. The molecule has 0 bridgehead atoms. The molecule has 5 heteroatoms. The van der Waals surface area contributed by atoms with Gasteiger partial charge in [-0.2, -0.15) is 8.42 Å². The zero-order valence-corrected chi connectivity index (χ0v) is 8.33. The van der Waals surface area contributed by atoms with Crippen molar-refractivity contribution in [2.24, 2.45) is 5.92 Å². The smallest absolute Gasteiger partial charge is 0.291 e. The summed E-state index contributed by atoms with van der Waals surface area (Å²) in [7, 11) is -4.25. The predicted octanol–water partition coefficient (Wildman–Crippen LogP) is 1.16. The van der Waals surface area contributed by atoms with Crippen molar-refractivity contribution in [2.45, 2.75) is 44.0 Å². The second-order valence-corrected chi connectivity index (χ2v) is 5.28. The lowest BCUT2D eigenvalue weighted by Gasteiger charge is -2.22. The number of aliphatic hydroxyl groups excluding tert-OH is 1. The molecule has 1 aliphatic carbocycles. The fourth-order valence-electron chi connectivity index (χ4n) is 1.83. The van der Waals surface area contributed by atoms with E-state index in [9.17, 15) is 8.42 Å². The van der Waals surface area contributed by atoms with Gasteiger partial charge in [0.05, 0.1) is 0 Å². The first kappa shape index (κ1) is 10.9. The fraction of sp³-hybridized carbons (Fsp3) is 1.00. The van der Waals surface area contributed by atoms with Gasteiger partial charge in [-0.05, 0) is 12.3 Å². The van der Waals surface area contributed by atoms with Crippen LogP contribution in [0.1, 0.15) is 38.5 Å². The molecule has 0 heterocycles. The molecule has 0 unspecified atom stereocenters. The summed E-state index contributed by atoms with van der Waals surface area (Å²) >= 11 is 0. The molecule has 1 fully saturated rings. The Morgan fingerprint density at radius 2 is 1.77 bits per heavy atom. The van der Waals surface area contributed by atoms with E-state index in [-0.39, 0.29) is 12.3 Å². The van der Waals surface area contributed by atoms with Crippen molar-refractivity contribution in [1.29, 1.82) is 0 Å². The summed E-state index contributed by atoms with van der Waals surface area (Å²) in [5.41, 5.74) is -1.59. The molecule has 0 spiro atoms. The Balaban J connectivity index is 2.39. The molecule has 0 radical (unpaired) electrons. The van der Waals surface area contributed by atoms with E-state index in [0.717, 1.165) is 25.7 Å². The van der Waals surface area contributed by atoms with Crippen molar-refractivity contribution in [3.63, 3.8) is 0 Å². The third-order valence-corrected chi connectivity index (χ3v) is 3.48. The minimum Gasteiger partial charge on any atom is -0.375 e. The minimum absolute atomic E-state index is 0.179. The number of rotatable bonds is 3. The van der Waals surface area contributed by atoms with Crippen LogP contribution in [0.3, 0.4) is 0 Å². The minimum atomic E-state index is -4.25. The summed E-state index contributed by atoms with van der Waals surface area (Å²) in [5.74, 6) is 0.255. The molecule has 1 saturated carbocycles. The van der Waals surface area contributed by atoms with Crippen molar-refractivity contribution in [3.8, 4) is 0 Å². The molecule has 78 valence electrons. The molecule has 2 N–H and O–H groups in total. The molecule has 0 aromatic rings. The summed E-state index contributed by atoms with van der Waals surface area (Å²) in [5, 5.41) is 9.10. The third-order valence-electron chi connectivity index (χ3n) is 2.60. The standard InChI is InChI=1S/C8H16O4S/c9-8(13(10,11)12)6-7-4-2-1-3-5-7/h7-9H,1-6H2,(H,10,11,12)/t8-/m0/s1. The normalized spacial score (nSPS) is 22.9. The topological polar surface area (TPSA) is 74.6 Å². The van der Waals surface area contributed by atoms with Gasteiger partial charge in [-0.25, -0.2) is 0 Å². The molecular weight excluding hydrogens is 192 g/mol. The van der Waals surface area contributed by atoms with Crippen molar-refractivity contribution in [1.82, 2.24) is 0 Å². The van der Waals surface area contributed by atoms with Gasteiger partial charge in [0, 0.05) is 0 Å². The fourth-order valence-corrected chi connectivity index (χ4v) is 2.34. The molecule has 0 saturated heterocycles. The Bertz CT molecular complexity index is 241. The van der Waals surface area contributed by atoms with Crippen molar-refractivity contribution >= 4 is 10.1 Å². The Labute approximate surface area is 78.7 Å². The van der Waals surface area contributed by atoms with Crippen molar-refractivity contribution in [3.05, 3.63) is 0 Å². The van der Waals surface area contributed by atoms with Crippen LogP contribution < -0.4 is 0 Å². The Kier molecular flexibility index (Phi) is 3.70. The van der Waals surface area contributed by atoms with Crippen LogP contribution in [0.5, 0.6) is 0 Å². The first-order valence-corrected chi connectivity index (χ1v) is 6.15. The molecule has 0 amide bonds. The maximum Gasteiger partial charge on any atom is 0.291 e. The highest BCUT2D eigenvalue weighted by molar-refractivity contribution is 7.86. The average molecular weight is 208 g/mol. The van der Waals surface area contributed by atoms with Crippen LogP contribution in [0.4, 0.5) is 0 Å². The zero-order chi connectivity index (χ0) is 9.90. The quantitative estimate of drug-likeness (QED) is 0.682. The summed E-state index contributed by atoms with van der Waals surface area (Å²) in [4.78, 5) is 0. The summed E-state index contributed by atoms with van der Waals surface area (Å²) in [6.07, 6.45) is 5.50. The van der Waals surface area contributed by atoms with Gasteiger partial charge in [0.15, 0.2) is 5.44 Å². The molecule has 4 nitrogen and oxygen atoms in total. The summed E-state index contributed by atoms with van der Waals surface area (Å²) < 4.78 is 29.6. The highest BCUT2D eigenvalue weighted by Gasteiger charge is 2.24. The second kappa shape index (κ2) is 4.39. The SMILES string of the molecule is O=S(=O)(O)[C@H](O)CC1CCCCC1. The van der Waals surface area contributed by atoms with E-state index >= 15 is 0 Å². The van der Waals surface area contributed by atoms with Crippen LogP contribution in [0, 0.1) is 5.92 Å². The van der Waals surface area contributed by atoms with E-state index in [1.807, 2.05) is 0 Å². The van der Waals surface area contributed by atoms with Gasteiger partial charge in [-0.1, -0.05) is 32.1 Å². The number of hydrogen-bond donors (Lipinski definition) is 2. The molecule has 0 aliphatic heterocycles. The van der Waals surface area contributed by atoms with E-state index in [0.29, 0.717) is 0 Å². The number of aliphatic hydroxyl groups is 1. The van der Waals surface area contributed by atoms with Gasteiger partial charge in [-0.15, -0.1) is 0 Å². The highest BCUT2D eigenvalue weighted by atomic mass is 32.2. The summed E-state index contributed by atoms with van der Waals surface area (Å²) in [6, 6.07) is 0. The third kappa shape index (κ3) is 3.62. The molecule has 0 aromatic carbocycles. The van der Waals surface area contributed by atoms with Crippen LogP contribution in [0.15, 0.2) is 0 Å². The molecule has 0 aromatic heterocycles. The van der Waals surface area contributed by atoms with E-state index in [1.54, 1.807) is 0 Å².